The lowest BCUT2D eigenvalue weighted by molar-refractivity contribution is 0.866. The highest BCUT2D eigenvalue weighted by Gasteiger charge is 2.02. The highest BCUT2D eigenvalue weighted by molar-refractivity contribution is 7.80. The van der Waals surface area contributed by atoms with E-state index in [4.69, 9.17) is 12.2 Å². The van der Waals surface area contributed by atoms with Crippen molar-refractivity contribution in [2.75, 3.05) is 29.9 Å². The van der Waals surface area contributed by atoms with Crippen LogP contribution in [0.2, 0.25) is 0 Å². The van der Waals surface area contributed by atoms with Gasteiger partial charge in [0.2, 0.25) is 0 Å². The molecular formula is C17H23N3S2. The van der Waals surface area contributed by atoms with Crippen molar-refractivity contribution in [1.29, 1.82) is 0 Å². The third kappa shape index (κ3) is 5.00. The SMILES string of the molecule is CCN(CC)c1ccc(NC(=S)NCCc2cccs2)cc1. The van der Waals surface area contributed by atoms with Gasteiger partial charge in [-0.15, -0.1) is 11.3 Å². The number of benzene rings is 1. The average molecular weight is 334 g/mol. The number of hydrogen-bond donors (Lipinski definition) is 2. The molecule has 1 heterocycles. The number of anilines is 2. The first-order valence-electron chi connectivity index (χ1n) is 7.65. The molecule has 0 aliphatic carbocycles. The van der Waals surface area contributed by atoms with Crippen molar-refractivity contribution in [3.8, 4) is 0 Å². The molecular weight excluding hydrogens is 310 g/mol. The number of nitrogens with zero attached hydrogens (tertiary/aromatic N) is 1. The number of rotatable bonds is 7. The van der Waals surface area contributed by atoms with Crippen molar-refractivity contribution in [3.63, 3.8) is 0 Å². The van der Waals surface area contributed by atoms with E-state index in [2.05, 4.69) is 71.2 Å². The van der Waals surface area contributed by atoms with Crippen LogP contribution in [0.1, 0.15) is 18.7 Å². The second-order valence-corrected chi connectivity index (χ2v) is 6.37. The Bertz CT molecular complexity index is 560. The van der Waals surface area contributed by atoms with Crippen LogP contribution in [0.25, 0.3) is 0 Å². The molecule has 0 amide bonds. The van der Waals surface area contributed by atoms with E-state index < -0.39 is 0 Å². The highest BCUT2D eigenvalue weighted by Crippen LogP contribution is 2.17. The Morgan fingerprint density at radius 3 is 2.45 bits per heavy atom. The summed E-state index contributed by atoms with van der Waals surface area (Å²) in [7, 11) is 0. The van der Waals surface area contributed by atoms with Crippen LogP contribution in [0.5, 0.6) is 0 Å². The lowest BCUT2D eigenvalue weighted by Crippen LogP contribution is -2.30. The van der Waals surface area contributed by atoms with Crippen molar-refractivity contribution in [1.82, 2.24) is 5.32 Å². The van der Waals surface area contributed by atoms with E-state index in [1.165, 1.54) is 10.6 Å². The van der Waals surface area contributed by atoms with Gasteiger partial charge in [-0.2, -0.15) is 0 Å². The van der Waals surface area contributed by atoms with Gasteiger partial charge in [0.05, 0.1) is 0 Å². The van der Waals surface area contributed by atoms with Crippen LogP contribution in [0.4, 0.5) is 11.4 Å². The number of hydrogen-bond acceptors (Lipinski definition) is 3. The Morgan fingerprint density at radius 1 is 1.14 bits per heavy atom. The van der Waals surface area contributed by atoms with Crippen molar-refractivity contribution in [2.24, 2.45) is 0 Å². The molecule has 0 radical (unpaired) electrons. The van der Waals surface area contributed by atoms with Crippen LogP contribution in [0.15, 0.2) is 41.8 Å². The smallest absolute Gasteiger partial charge is 0.170 e. The van der Waals surface area contributed by atoms with Crippen molar-refractivity contribution < 1.29 is 0 Å². The first kappa shape index (κ1) is 16.8. The summed E-state index contributed by atoms with van der Waals surface area (Å²) in [5.41, 5.74) is 2.26. The Balaban J connectivity index is 1.78. The minimum Gasteiger partial charge on any atom is -0.372 e. The van der Waals surface area contributed by atoms with E-state index in [1.54, 1.807) is 11.3 Å². The topological polar surface area (TPSA) is 27.3 Å². The molecule has 0 bridgehead atoms. The molecule has 0 spiro atoms. The molecule has 0 unspecified atom stereocenters. The molecule has 22 heavy (non-hydrogen) atoms. The summed E-state index contributed by atoms with van der Waals surface area (Å²) in [5, 5.41) is 9.25. The standard InChI is InChI=1S/C17H23N3S2/c1-3-20(4-2)15-9-7-14(8-10-15)19-17(21)18-12-11-16-6-5-13-22-16/h5-10,13H,3-4,11-12H2,1-2H3,(H2,18,19,21). The van der Waals surface area contributed by atoms with Gasteiger partial charge in [0, 0.05) is 35.9 Å². The Morgan fingerprint density at radius 2 is 1.86 bits per heavy atom. The van der Waals surface area contributed by atoms with E-state index in [0.29, 0.717) is 5.11 Å². The van der Waals surface area contributed by atoms with Crippen molar-refractivity contribution >= 4 is 40.0 Å². The third-order valence-electron chi connectivity index (χ3n) is 3.49. The zero-order chi connectivity index (χ0) is 15.8. The molecule has 2 aromatic rings. The fourth-order valence-corrected chi connectivity index (χ4v) is 3.20. The second kappa shape index (κ2) is 8.76. The van der Waals surface area contributed by atoms with Gasteiger partial charge in [0.25, 0.3) is 0 Å². The van der Waals surface area contributed by atoms with Crippen LogP contribution in [-0.4, -0.2) is 24.7 Å². The summed E-state index contributed by atoms with van der Waals surface area (Å²) < 4.78 is 0. The normalized spacial score (nSPS) is 10.3. The number of nitrogens with one attached hydrogen (secondary N) is 2. The molecule has 2 N–H and O–H groups in total. The van der Waals surface area contributed by atoms with Gasteiger partial charge in [0.15, 0.2) is 5.11 Å². The minimum absolute atomic E-state index is 0.673. The maximum atomic E-state index is 5.33. The van der Waals surface area contributed by atoms with E-state index >= 15 is 0 Å². The molecule has 3 nitrogen and oxygen atoms in total. The predicted octanol–water partition coefficient (Wildman–Crippen LogP) is 4.12. The van der Waals surface area contributed by atoms with E-state index in [9.17, 15) is 0 Å². The Labute approximate surface area is 142 Å². The van der Waals surface area contributed by atoms with Gasteiger partial charge in [-0.25, -0.2) is 0 Å². The van der Waals surface area contributed by atoms with Gasteiger partial charge < -0.3 is 15.5 Å². The Hall–Kier alpha value is -1.59. The lowest BCUT2D eigenvalue weighted by Gasteiger charge is -2.21. The van der Waals surface area contributed by atoms with Gasteiger partial charge in [-0.1, -0.05) is 6.07 Å². The van der Waals surface area contributed by atoms with E-state index in [0.717, 1.165) is 31.7 Å². The first-order chi connectivity index (χ1) is 10.7. The molecule has 0 aliphatic rings. The molecule has 5 heteroatoms. The van der Waals surface area contributed by atoms with Gasteiger partial charge in [-0.05, 0) is 68.2 Å². The van der Waals surface area contributed by atoms with Crippen LogP contribution in [0, 0.1) is 0 Å². The zero-order valence-electron chi connectivity index (χ0n) is 13.1. The van der Waals surface area contributed by atoms with Crippen LogP contribution in [-0.2, 0) is 6.42 Å². The molecule has 118 valence electrons. The highest BCUT2D eigenvalue weighted by atomic mass is 32.1. The molecule has 0 saturated heterocycles. The monoisotopic (exact) mass is 333 g/mol. The summed E-state index contributed by atoms with van der Waals surface area (Å²) >= 11 is 7.11. The fourth-order valence-electron chi connectivity index (χ4n) is 2.27. The summed E-state index contributed by atoms with van der Waals surface area (Å²) in [6.45, 7) is 7.23. The van der Waals surface area contributed by atoms with Gasteiger partial charge in [0.1, 0.15) is 0 Å². The largest absolute Gasteiger partial charge is 0.372 e. The summed E-state index contributed by atoms with van der Waals surface area (Å²) in [6, 6.07) is 12.6. The second-order valence-electron chi connectivity index (χ2n) is 4.93. The minimum atomic E-state index is 0.673. The van der Waals surface area contributed by atoms with E-state index in [-0.39, 0.29) is 0 Å². The van der Waals surface area contributed by atoms with E-state index in [1.807, 2.05) is 0 Å². The first-order valence-corrected chi connectivity index (χ1v) is 8.94. The maximum Gasteiger partial charge on any atom is 0.170 e. The fraction of sp³-hybridized carbons (Fsp3) is 0.353. The Kier molecular flexibility index (Phi) is 6.68. The molecule has 0 atom stereocenters. The van der Waals surface area contributed by atoms with Crippen molar-refractivity contribution in [3.05, 3.63) is 46.7 Å². The predicted molar refractivity (Wildman–Crippen MR) is 102 cm³/mol. The van der Waals surface area contributed by atoms with Crippen LogP contribution < -0.4 is 15.5 Å². The molecule has 0 fully saturated rings. The van der Waals surface area contributed by atoms with Gasteiger partial charge >= 0.3 is 0 Å². The number of thiocarbonyl (C=S) groups is 1. The summed E-state index contributed by atoms with van der Waals surface area (Å²) in [5.74, 6) is 0. The number of thiophene rings is 1. The third-order valence-corrected chi connectivity index (χ3v) is 4.67. The molecule has 0 aliphatic heterocycles. The average Bonchev–Trinajstić information content (AvgIpc) is 3.03. The maximum absolute atomic E-state index is 5.33. The van der Waals surface area contributed by atoms with Crippen LogP contribution in [0.3, 0.4) is 0 Å². The molecule has 1 aromatic carbocycles. The van der Waals surface area contributed by atoms with Crippen molar-refractivity contribution in [2.45, 2.75) is 20.3 Å². The molecule has 2 rings (SSSR count). The summed E-state index contributed by atoms with van der Waals surface area (Å²) in [6.07, 6.45) is 1.00. The zero-order valence-corrected chi connectivity index (χ0v) is 14.8. The lowest BCUT2D eigenvalue weighted by atomic mass is 10.2. The summed E-state index contributed by atoms with van der Waals surface area (Å²) in [4.78, 5) is 3.69. The van der Waals surface area contributed by atoms with Crippen LogP contribution >= 0.6 is 23.6 Å². The van der Waals surface area contributed by atoms with Gasteiger partial charge in [-0.3, -0.25) is 0 Å². The quantitative estimate of drug-likeness (QED) is 0.745. The molecule has 1 aromatic heterocycles. The molecule has 0 saturated carbocycles.